The van der Waals surface area contributed by atoms with Gasteiger partial charge in [0.15, 0.2) is 0 Å². The molecule has 0 bridgehead atoms. The molecule has 0 spiro atoms. The molecule has 0 fully saturated rings. The minimum atomic E-state index is -0.334. The van der Waals surface area contributed by atoms with Crippen LogP contribution in [-0.2, 0) is 6.54 Å². The van der Waals surface area contributed by atoms with E-state index in [-0.39, 0.29) is 11.5 Å². The van der Waals surface area contributed by atoms with Gasteiger partial charge >= 0.3 is 0 Å². The number of carbonyl (C=O) groups excluding carboxylic acids is 1. The molecule has 27 heavy (non-hydrogen) atoms. The first kappa shape index (κ1) is 19.5. The maximum absolute atomic E-state index is 12.6. The van der Waals surface area contributed by atoms with Crippen LogP contribution in [0.15, 0.2) is 70.5 Å². The third kappa shape index (κ3) is 4.75. The fourth-order valence-electron chi connectivity index (χ4n) is 2.54. The number of hydrogen-bond donors (Lipinski definition) is 1. The number of halogens is 2. The van der Waals surface area contributed by atoms with Crippen molar-refractivity contribution in [1.29, 1.82) is 0 Å². The summed E-state index contributed by atoms with van der Waals surface area (Å²) in [6, 6.07) is 15.6. The van der Waals surface area contributed by atoms with E-state index < -0.39 is 0 Å². The third-order valence-electron chi connectivity index (χ3n) is 3.96. The summed E-state index contributed by atoms with van der Waals surface area (Å²) in [6.45, 7) is 0.310. The average molecular weight is 419 g/mol. The number of nitrogens with zero attached hydrogens (tertiary/aromatic N) is 1. The molecule has 0 aliphatic carbocycles. The summed E-state index contributed by atoms with van der Waals surface area (Å²) in [4.78, 5) is 25.7. The highest BCUT2D eigenvalue weighted by Crippen LogP contribution is 2.24. The van der Waals surface area contributed by atoms with E-state index in [1.165, 1.54) is 22.4 Å². The molecular formula is C20H16Cl2N2O2S. The van der Waals surface area contributed by atoms with E-state index in [9.17, 15) is 9.59 Å². The Morgan fingerprint density at radius 1 is 1.07 bits per heavy atom. The SMILES string of the molecule is CSc1ccc(Cl)c(C(=O)Nc2ccc(=O)n(Cc3ccccc3Cl)c2)c1. The van der Waals surface area contributed by atoms with E-state index >= 15 is 0 Å². The van der Waals surface area contributed by atoms with Crippen LogP contribution in [0.2, 0.25) is 10.0 Å². The smallest absolute Gasteiger partial charge is 0.257 e. The summed E-state index contributed by atoms with van der Waals surface area (Å²) in [5, 5.41) is 3.75. The molecular weight excluding hydrogens is 403 g/mol. The fourth-order valence-corrected chi connectivity index (χ4v) is 3.38. The van der Waals surface area contributed by atoms with Gasteiger partial charge in [0.05, 0.1) is 22.8 Å². The van der Waals surface area contributed by atoms with Crippen molar-refractivity contribution in [3.63, 3.8) is 0 Å². The maximum atomic E-state index is 12.6. The summed E-state index contributed by atoms with van der Waals surface area (Å²) in [6.07, 6.45) is 3.52. The van der Waals surface area contributed by atoms with Crippen molar-refractivity contribution < 1.29 is 4.79 Å². The number of pyridine rings is 1. The molecule has 3 rings (SSSR count). The van der Waals surface area contributed by atoms with E-state index in [2.05, 4.69) is 5.32 Å². The van der Waals surface area contributed by atoms with Gasteiger partial charge in [-0.1, -0.05) is 41.4 Å². The molecule has 0 saturated heterocycles. The topological polar surface area (TPSA) is 51.1 Å². The number of carbonyl (C=O) groups is 1. The number of nitrogens with one attached hydrogen (secondary N) is 1. The van der Waals surface area contributed by atoms with Crippen LogP contribution in [0.5, 0.6) is 0 Å². The van der Waals surface area contributed by atoms with Crippen LogP contribution in [0, 0.1) is 0 Å². The van der Waals surface area contributed by atoms with Crippen LogP contribution in [0.3, 0.4) is 0 Å². The van der Waals surface area contributed by atoms with Crippen LogP contribution >= 0.6 is 35.0 Å². The molecule has 1 N–H and O–H groups in total. The predicted octanol–water partition coefficient (Wildman–Crippen LogP) is 5.18. The quantitative estimate of drug-likeness (QED) is 0.580. The standard InChI is InChI=1S/C20H16Cl2N2O2S/c1-27-15-7-8-18(22)16(10-15)20(26)23-14-6-9-19(25)24(12-14)11-13-4-2-3-5-17(13)21/h2-10,12H,11H2,1H3,(H,23,26). The second-order valence-electron chi connectivity index (χ2n) is 5.78. The van der Waals surface area contributed by atoms with Crippen molar-refractivity contribution in [2.45, 2.75) is 11.4 Å². The number of rotatable bonds is 5. The fraction of sp³-hybridized carbons (Fsp3) is 0.100. The summed E-state index contributed by atoms with van der Waals surface area (Å²) in [5.41, 5.74) is 1.51. The van der Waals surface area contributed by atoms with Crippen LogP contribution in [0.1, 0.15) is 15.9 Å². The highest BCUT2D eigenvalue weighted by molar-refractivity contribution is 7.98. The molecule has 0 radical (unpaired) electrons. The summed E-state index contributed by atoms with van der Waals surface area (Å²) in [7, 11) is 0. The predicted molar refractivity (Wildman–Crippen MR) is 112 cm³/mol. The number of thioether (sulfide) groups is 1. The van der Waals surface area contributed by atoms with Crippen molar-refractivity contribution in [1.82, 2.24) is 4.57 Å². The largest absolute Gasteiger partial charge is 0.321 e. The normalized spacial score (nSPS) is 10.6. The molecule has 1 amide bonds. The van der Waals surface area contributed by atoms with Gasteiger partial charge in [0, 0.05) is 22.2 Å². The lowest BCUT2D eigenvalue weighted by Crippen LogP contribution is -2.21. The minimum absolute atomic E-state index is 0.185. The van der Waals surface area contributed by atoms with Crippen molar-refractivity contribution in [3.8, 4) is 0 Å². The van der Waals surface area contributed by atoms with E-state index in [1.807, 2.05) is 30.5 Å². The van der Waals surface area contributed by atoms with Gasteiger partial charge in [-0.3, -0.25) is 9.59 Å². The van der Waals surface area contributed by atoms with Crippen LogP contribution in [-0.4, -0.2) is 16.7 Å². The maximum Gasteiger partial charge on any atom is 0.257 e. The summed E-state index contributed by atoms with van der Waals surface area (Å²) in [5.74, 6) is -0.334. The molecule has 0 unspecified atom stereocenters. The first-order chi connectivity index (χ1) is 13.0. The Morgan fingerprint density at radius 3 is 2.59 bits per heavy atom. The molecule has 0 aliphatic rings. The van der Waals surface area contributed by atoms with Gasteiger partial charge in [-0.05, 0) is 42.2 Å². The minimum Gasteiger partial charge on any atom is -0.321 e. The Balaban J connectivity index is 1.85. The number of anilines is 1. The van der Waals surface area contributed by atoms with Crippen LogP contribution < -0.4 is 10.9 Å². The summed E-state index contributed by atoms with van der Waals surface area (Å²) < 4.78 is 1.50. The van der Waals surface area contributed by atoms with E-state index in [0.717, 1.165) is 10.5 Å². The second kappa shape index (κ2) is 8.65. The lowest BCUT2D eigenvalue weighted by molar-refractivity contribution is 0.102. The highest BCUT2D eigenvalue weighted by atomic mass is 35.5. The Bertz CT molecular complexity index is 1050. The third-order valence-corrected chi connectivity index (χ3v) is 5.38. The Hall–Kier alpha value is -2.21. The van der Waals surface area contributed by atoms with Crippen molar-refractivity contribution >= 4 is 46.6 Å². The molecule has 1 heterocycles. The molecule has 7 heteroatoms. The molecule has 0 aliphatic heterocycles. The van der Waals surface area contributed by atoms with Crippen LogP contribution in [0.25, 0.3) is 0 Å². The van der Waals surface area contributed by atoms with Crippen molar-refractivity contribution in [2.75, 3.05) is 11.6 Å². The Morgan fingerprint density at radius 2 is 1.85 bits per heavy atom. The van der Waals surface area contributed by atoms with Crippen molar-refractivity contribution in [2.24, 2.45) is 0 Å². The van der Waals surface area contributed by atoms with Crippen LogP contribution in [0.4, 0.5) is 5.69 Å². The van der Waals surface area contributed by atoms with Gasteiger partial charge in [0.25, 0.3) is 11.5 Å². The van der Waals surface area contributed by atoms with E-state index in [1.54, 1.807) is 30.5 Å². The first-order valence-electron chi connectivity index (χ1n) is 8.06. The number of amides is 1. The zero-order chi connectivity index (χ0) is 19.4. The van der Waals surface area contributed by atoms with Gasteiger partial charge < -0.3 is 9.88 Å². The number of aromatic nitrogens is 1. The molecule has 3 aromatic rings. The number of benzene rings is 2. The highest BCUT2D eigenvalue weighted by Gasteiger charge is 2.12. The lowest BCUT2D eigenvalue weighted by Gasteiger charge is -2.11. The van der Waals surface area contributed by atoms with Gasteiger partial charge in [-0.15, -0.1) is 11.8 Å². The van der Waals surface area contributed by atoms with E-state index in [0.29, 0.717) is 27.8 Å². The monoisotopic (exact) mass is 418 g/mol. The molecule has 138 valence electrons. The zero-order valence-electron chi connectivity index (χ0n) is 14.4. The van der Waals surface area contributed by atoms with Gasteiger partial charge in [-0.2, -0.15) is 0 Å². The molecule has 1 aromatic heterocycles. The van der Waals surface area contributed by atoms with Gasteiger partial charge in [0.2, 0.25) is 0 Å². The van der Waals surface area contributed by atoms with Gasteiger partial charge in [0.1, 0.15) is 0 Å². The molecule has 0 atom stereocenters. The number of hydrogen-bond acceptors (Lipinski definition) is 3. The summed E-state index contributed by atoms with van der Waals surface area (Å²) >= 11 is 13.9. The Kier molecular flexibility index (Phi) is 6.26. The van der Waals surface area contributed by atoms with Crippen molar-refractivity contribution in [3.05, 3.63) is 92.3 Å². The van der Waals surface area contributed by atoms with Gasteiger partial charge in [-0.25, -0.2) is 0 Å². The molecule has 0 saturated carbocycles. The molecule has 2 aromatic carbocycles. The lowest BCUT2D eigenvalue weighted by atomic mass is 10.2. The zero-order valence-corrected chi connectivity index (χ0v) is 16.7. The second-order valence-corrected chi connectivity index (χ2v) is 7.47. The first-order valence-corrected chi connectivity index (χ1v) is 10.0. The molecule has 4 nitrogen and oxygen atoms in total. The Labute approximate surface area is 171 Å². The van der Waals surface area contributed by atoms with E-state index in [4.69, 9.17) is 23.2 Å². The average Bonchev–Trinajstić information content (AvgIpc) is 2.66.